The molecule has 0 aromatic heterocycles. The summed E-state index contributed by atoms with van der Waals surface area (Å²) < 4.78 is 10.2. The summed E-state index contributed by atoms with van der Waals surface area (Å²) in [5.74, 6) is -0.427. The van der Waals surface area contributed by atoms with Crippen LogP contribution < -0.4 is 10.8 Å². The summed E-state index contributed by atoms with van der Waals surface area (Å²) >= 11 is 0. The molecule has 27 heavy (non-hydrogen) atoms. The average molecular weight is 363 g/mol. The van der Waals surface area contributed by atoms with E-state index in [1.807, 2.05) is 24.3 Å². The van der Waals surface area contributed by atoms with E-state index in [4.69, 9.17) is 14.8 Å². The van der Waals surface area contributed by atoms with Gasteiger partial charge >= 0.3 is 13.6 Å². The maximum Gasteiger partial charge on any atom is 0.412 e. The first kappa shape index (κ1) is 18.7. The largest absolute Gasteiger partial charge is 0.550 e. The molecule has 1 aliphatic rings. The van der Waals surface area contributed by atoms with Gasteiger partial charge in [0.2, 0.25) is 0 Å². The normalized spacial score (nSPS) is 14.6. The summed E-state index contributed by atoms with van der Waals surface area (Å²) in [6.07, 6.45) is 1.19. The molecule has 1 amide bonds. The smallest absolute Gasteiger partial charge is 0.412 e. The number of nitrogens with one attached hydrogen (secondary N) is 2. The number of hydrogen-bond donors (Lipinski definition) is 2. The zero-order valence-electron chi connectivity index (χ0n) is 15.4. The third kappa shape index (κ3) is 4.02. The summed E-state index contributed by atoms with van der Waals surface area (Å²) in [5, 5.41) is 9.65. The highest BCUT2D eigenvalue weighted by Gasteiger charge is 2.29. The lowest BCUT2D eigenvalue weighted by Crippen LogP contribution is -2.27. The predicted molar refractivity (Wildman–Crippen MR) is 105 cm³/mol. The van der Waals surface area contributed by atoms with Gasteiger partial charge in [-0.05, 0) is 60.6 Å². The van der Waals surface area contributed by atoms with Gasteiger partial charge in [0.25, 0.3) is 0 Å². The molecule has 2 aromatic carbocycles. The molecule has 1 atom stereocenters. The first-order valence-corrected chi connectivity index (χ1v) is 8.53. The van der Waals surface area contributed by atoms with Gasteiger partial charge in [0, 0.05) is 5.69 Å². The molecule has 137 valence electrons. The second-order valence-electron chi connectivity index (χ2n) is 7.26. The first-order chi connectivity index (χ1) is 12.8. The van der Waals surface area contributed by atoms with Gasteiger partial charge in [0.15, 0.2) is 0 Å². The molecular weight excluding hydrogens is 343 g/mol. The van der Waals surface area contributed by atoms with Gasteiger partial charge in [-0.15, -0.1) is 0 Å². The van der Waals surface area contributed by atoms with E-state index in [0.29, 0.717) is 5.69 Å². The van der Waals surface area contributed by atoms with Gasteiger partial charge in [-0.1, -0.05) is 24.3 Å². The summed E-state index contributed by atoms with van der Waals surface area (Å²) in [5.41, 5.74) is 4.38. The molecule has 1 unspecified atom stereocenters. The Morgan fingerprint density at radius 3 is 2.44 bits per heavy atom. The van der Waals surface area contributed by atoms with Crippen molar-refractivity contribution in [1.29, 1.82) is 5.41 Å². The Kier molecular flexibility index (Phi) is 5.03. The van der Waals surface area contributed by atoms with Crippen LogP contribution in [0.25, 0.3) is 11.1 Å². The standard InChI is InChI=1S/C20H20BN2O4/c1-20(2,3)27-19(25)23-13-5-7-15-14-6-4-12(21-26-11-22)8-16(14)18(10-24)17(15)9-13/h4-11,18,22H,1-3H3,(H,23,25). The van der Waals surface area contributed by atoms with Crippen LogP contribution in [0.1, 0.15) is 37.8 Å². The minimum Gasteiger partial charge on any atom is -0.550 e. The predicted octanol–water partition coefficient (Wildman–Crippen LogP) is 3.21. The van der Waals surface area contributed by atoms with E-state index in [9.17, 15) is 9.59 Å². The van der Waals surface area contributed by atoms with Crippen molar-refractivity contribution in [2.45, 2.75) is 32.3 Å². The Balaban J connectivity index is 1.89. The van der Waals surface area contributed by atoms with E-state index in [1.54, 1.807) is 32.9 Å². The van der Waals surface area contributed by atoms with Crippen LogP contribution in [0.4, 0.5) is 10.5 Å². The summed E-state index contributed by atoms with van der Waals surface area (Å²) in [7, 11) is 1.45. The van der Waals surface area contributed by atoms with E-state index in [1.165, 1.54) is 7.48 Å². The summed E-state index contributed by atoms with van der Waals surface area (Å²) in [6.45, 7) is 5.39. The first-order valence-electron chi connectivity index (χ1n) is 8.53. The SMILES string of the molecule is CC(C)(C)OC(=O)Nc1ccc2c(c1)C(C=O)c1cc([B]OC=N)ccc1-2. The lowest BCUT2D eigenvalue weighted by Gasteiger charge is -2.20. The number of aldehydes is 1. The number of ether oxygens (including phenoxy) is 1. The number of anilines is 1. The van der Waals surface area contributed by atoms with Crippen LogP contribution in [0, 0.1) is 5.41 Å². The molecular formula is C20H20BN2O4. The number of carbonyl (C=O) groups is 2. The third-order valence-electron chi connectivity index (χ3n) is 4.14. The molecule has 0 aliphatic heterocycles. The molecule has 2 N–H and O–H groups in total. The maximum absolute atomic E-state index is 12.0. The highest BCUT2D eigenvalue weighted by molar-refractivity contribution is 6.48. The Labute approximate surface area is 158 Å². The number of rotatable bonds is 5. The average Bonchev–Trinajstić information content (AvgIpc) is 2.90. The van der Waals surface area contributed by atoms with Gasteiger partial charge in [-0.3, -0.25) is 10.7 Å². The highest BCUT2D eigenvalue weighted by atomic mass is 16.6. The van der Waals surface area contributed by atoms with Crippen molar-refractivity contribution in [3.05, 3.63) is 47.5 Å². The molecule has 2 aromatic rings. The Morgan fingerprint density at radius 2 is 1.81 bits per heavy atom. The topological polar surface area (TPSA) is 88.5 Å². The van der Waals surface area contributed by atoms with Crippen molar-refractivity contribution < 1.29 is 19.0 Å². The van der Waals surface area contributed by atoms with Crippen LogP contribution in [-0.4, -0.2) is 31.9 Å². The number of hydrogen-bond acceptors (Lipinski definition) is 5. The molecule has 3 rings (SSSR count). The fraction of sp³-hybridized carbons (Fsp3) is 0.250. The molecule has 0 saturated carbocycles. The number of fused-ring (bicyclic) bond motifs is 3. The monoisotopic (exact) mass is 363 g/mol. The second kappa shape index (κ2) is 7.27. The van der Waals surface area contributed by atoms with Gasteiger partial charge in [0.1, 0.15) is 18.3 Å². The van der Waals surface area contributed by atoms with Crippen molar-refractivity contribution in [1.82, 2.24) is 0 Å². The molecule has 0 fully saturated rings. The third-order valence-corrected chi connectivity index (χ3v) is 4.14. The summed E-state index contributed by atoms with van der Waals surface area (Å²) in [4.78, 5) is 23.8. The van der Waals surface area contributed by atoms with E-state index >= 15 is 0 Å². The van der Waals surface area contributed by atoms with Gasteiger partial charge < -0.3 is 14.2 Å². The quantitative estimate of drug-likeness (QED) is 0.370. The van der Waals surface area contributed by atoms with Crippen LogP contribution in [-0.2, 0) is 14.2 Å². The van der Waals surface area contributed by atoms with Gasteiger partial charge in [-0.25, -0.2) is 4.79 Å². The minimum atomic E-state index is -0.589. The van der Waals surface area contributed by atoms with Crippen LogP contribution in [0.3, 0.4) is 0 Å². The van der Waals surface area contributed by atoms with E-state index in [-0.39, 0.29) is 0 Å². The van der Waals surface area contributed by atoms with E-state index in [2.05, 4.69) is 5.32 Å². The number of benzene rings is 2. The number of amides is 1. The fourth-order valence-corrected chi connectivity index (χ4v) is 3.15. The summed E-state index contributed by atoms with van der Waals surface area (Å²) in [6, 6.07) is 11.2. The Hall–Kier alpha value is -3.09. The van der Waals surface area contributed by atoms with Crippen molar-refractivity contribution in [2.75, 3.05) is 5.32 Å². The van der Waals surface area contributed by atoms with Crippen molar-refractivity contribution in [3.63, 3.8) is 0 Å². The van der Waals surface area contributed by atoms with E-state index < -0.39 is 17.6 Å². The zero-order chi connectivity index (χ0) is 19.6. The molecule has 0 heterocycles. The van der Waals surface area contributed by atoms with Crippen molar-refractivity contribution in [3.8, 4) is 11.1 Å². The van der Waals surface area contributed by atoms with Gasteiger partial charge in [-0.2, -0.15) is 0 Å². The molecule has 1 aliphatic carbocycles. The number of carbonyl (C=O) groups excluding carboxylic acids is 2. The van der Waals surface area contributed by atoms with Crippen molar-refractivity contribution in [2.24, 2.45) is 0 Å². The highest BCUT2D eigenvalue weighted by Crippen LogP contribution is 2.44. The zero-order valence-corrected chi connectivity index (χ0v) is 15.4. The van der Waals surface area contributed by atoms with Crippen LogP contribution in [0.2, 0.25) is 0 Å². The van der Waals surface area contributed by atoms with Crippen LogP contribution in [0.5, 0.6) is 0 Å². The molecule has 0 spiro atoms. The lowest BCUT2D eigenvalue weighted by molar-refractivity contribution is -0.108. The van der Waals surface area contributed by atoms with Gasteiger partial charge in [0.05, 0.1) is 5.92 Å². The maximum atomic E-state index is 12.0. The molecule has 0 bridgehead atoms. The van der Waals surface area contributed by atoms with Crippen molar-refractivity contribution >= 4 is 37.4 Å². The Bertz CT molecular complexity index is 905. The second-order valence-corrected chi connectivity index (χ2v) is 7.26. The lowest BCUT2D eigenvalue weighted by atomic mass is 9.84. The Morgan fingerprint density at radius 1 is 1.15 bits per heavy atom. The van der Waals surface area contributed by atoms with Crippen LogP contribution >= 0.6 is 0 Å². The molecule has 6 nitrogen and oxygen atoms in total. The molecule has 7 heteroatoms. The van der Waals surface area contributed by atoms with E-state index in [0.717, 1.165) is 40.4 Å². The van der Waals surface area contributed by atoms with Crippen LogP contribution in [0.15, 0.2) is 36.4 Å². The minimum absolute atomic E-state index is 0.427. The fourth-order valence-electron chi connectivity index (χ4n) is 3.15. The molecule has 0 saturated heterocycles. The molecule has 1 radical (unpaired) electrons.